The third kappa shape index (κ3) is 3.06. The van der Waals surface area contributed by atoms with Gasteiger partial charge in [-0.1, -0.05) is 6.07 Å². The van der Waals surface area contributed by atoms with E-state index in [2.05, 4.69) is 9.88 Å². The maximum absolute atomic E-state index is 10.9. The van der Waals surface area contributed by atoms with Crippen molar-refractivity contribution in [3.63, 3.8) is 0 Å². The molecule has 0 radical (unpaired) electrons. The smallest absolute Gasteiger partial charge is 0.335 e. The molecule has 1 heterocycles. The maximum Gasteiger partial charge on any atom is 0.335 e. The van der Waals surface area contributed by atoms with Gasteiger partial charge >= 0.3 is 5.97 Å². The number of aromatic nitrogens is 1. The van der Waals surface area contributed by atoms with Crippen molar-refractivity contribution < 1.29 is 9.90 Å². The minimum atomic E-state index is -0.976. The number of carbonyl (C=O) groups is 1. The van der Waals surface area contributed by atoms with Crippen molar-refractivity contribution >= 4 is 17.3 Å². The van der Waals surface area contributed by atoms with Crippen molar-refractivity contribution in [2.75, 3.05) is 17.2 Å². The number of nitrogens with two attached hydrogens (primary N) is 1. The van der Waals surface area contributed by atoms with E-state index in [0.29, 0.717) is 12.2 Å². The van der Waals surface area contributed by atoms with Crippen molar-refractivity contribution in [2.24, 2.45) is 0 Å². The number of hydrogen-bond donors (Lipinski definition) is 2. The van der Waals surface area contributed by atoms with E-state index in [1.807, 2.05) is 25.1 Å². The van der Waals surface area contributed by atoms with Gasteiger partial charge in [0.05, 0.1) is 29.2 Å². The zero-order valence-electron chi connectivity index (χ0n) is 11.3. The molecule has 0 amide bonds. The minimum Gasteiger partial charge on any atom is -0.478 e. The van der Waals surface area contributed by atoms with Gasteiger partial charge < -0.3 is 15.7 Å². The Labute approximate surface area is 117 Å². The molecule has 0 aliphatic carbocycles. The summed E-state index contributed by atoms with van der Waals surface area (Å²) < 4.78 is 0. The Morgan fingerprint density at radius 1 is 1.35 bits per heavy atom. The number of carboxylic acid groups (broad SMARTS) is 1. The number of benzene rings is 1. The average Bonchev–Trinajstić information content (AvgIpc) is 2.46. The largest absolute Gasteiger partial charge is 0.478 e. The van der Waals surface area contributed by atoms with E-state index in [1.54, 1.807) is 18.3 Å². The Bertz CT molecular complexity index is 599. The summed E-state index contributed by atoms with van der Waals surface area (Å²) in [6.07, 6.45) is 1.75. The lowest BCUT2D eigenvalue weighted by atomic mass is 10.1. The first-order valence-corrected chi connectivity index (χ1v) is 6.39. The van der Waals surface area contributed by atoms with E-state index in [0.717, 1.165) is 17.9 Å². The number of nitrogen functional groups attached to an aromatic ring is 1. The van der Waals surface area contributed by atoms with Crippen LogP contribution in [0.3, 0.4) is 0 Å². The SMILES string of the molecule is CCN(Cc1ccccn1)c1ccc(C(=O)O)cc1N. The summed E-state index contributed by atoms with van der Waals surface area (Å²) in [5.41, 5.74) is 8.38. The van der Waals surface area contributed by atoms with Crippen molar-refractivity contribution in [1.29, 1.82) is 0 Å². The Morgan fingerprint density at radius 2 is 2.15 bits per heavy atom. The number of hydrogen-bond acceptors (Lipinski definition) is 4. The molecule has 5 nitrogen and oxygen atoms in total. The van der Waals surface area contributed by atoms with E-state index < -0.39 is 5.97 Å². The monoisotopic (exact) mass is 271 g/mol. The zero-order valence-corrected chi connectivity index (χ0v) is 11.3. The molecule has 2 rings (SSSR count). The second kappa shape index (κ2) is 6.06. The predicted molar refractivity (Wildman–Crippen MR) is 78.8 cm³/mol. The summed E-state index contributed by atoms with van der Waals surface area (Å²) in [6.45, 7) is 3.41. The van der Waals surface area contributed by atoms with Gasteiger partial charge in [-0.05, 0) is 37.3 Å². The lowest BCUT2D eigenvalue weighted by molar-refractivity contribution is 0.0697. The molecule has 20 heavy (non-hydrogen) atoms. The normalized spacial score (nSPS) is 10.2. The Hall–Kier alpha value is -2.56. The highest BCUT2D eigenvalue weighted by Crippen LogP contribution is 2.25. The van der Waals surface area contributed by atoms with Crippen LogP contribution in [0.25, 0.3) is 0 Å². The summed E-state index contributed by atoms with van der Waals surface area (Å²) in [4.78, 5) is 17.3. The van der Waals surface area contributed by atoms with Crippen LogP contribution >= 0.6 is 0 Å². The van der Waals surface area contributed by atoms with Gasteiger partial charge in [-0.2, -0.15) is 0 Å². The fraction of sp³-hybridized carbons (Fsp3) is 0.200. The fourth-order valence-corrected chi connectivity index (χ4v) is 2.03. The highest BCUT2D eigenvalue weighted by molar-refractivity contribution is 5.90. The van der Waals surface area contributed by atoms with Crippen LogP contribution in [0, 0.1) is 0 Å². The van der Waals surface area contributed by atoms with Gasteiger partial charge in [0.25, 0.3) is 0 Å². The van der Waals surface area contributed by atoms with E-state index in [-0.39, 0.29) is 5.56 Å². The van der Waals surface area contributed by atoms with Crippen molar-refractivity contribution in [1.82, 2.24) is 4.98 Å². The molecule has 0 fully saturated rings. The first-order valence-electron chi connectivity index (χ1n) is 6.39. The van der Waals surface area contributed by atoms with Crippen LogP contribution in [-0.2, 0) is 6.54 Å². The number of carboxylic acids is 1. The van der Waals surface area contributed by atoms with Gasteiger partial charge in [0.15, 0.2) is 0 Å². The summed E-state index contributed by atoms with van der Waals surface area (Å²) in [5, 5.41) is 8.95. The fourth-order valence-electron chi connectivity index (χ4n) is 2.03. The molecule has 0 bridgehead atoms. The molecule has 0 atom stereocenters. The molecule has 2 aromatic rings. The lowest BCUT2D eigenvalue weighted by Crippen LogP contribution is -2.23. The average molecular weight is 271 g/mol. The second-order valence-electron chi connectivity index (χ2n) is 4.41. The van der Waals surface area contributed by atoms with Crippen LogP contribution in [-0.4, -0.2) is 22.6 Å². The Balaban J connectivity index is 2.26. The predicted octanol–water partition coefficient (Wildman–Crippen LogP) is 2.39. The lowest BCUT2D eigenvalue weighted by Gasteiger charge is -2.24. The highest BCUT2D eigenvalue weighted by Gasteiger charge is 2.12. The van der Waals surface area contributed by atoms with Gasteiger partial charge in [-0.3, -0.25) is 4.98 Å². The molecular formula is C15H17N3O2. The van der Waals surface area contributed by atoms with Crippen LogP contribution in [0.5, 0.6) is 0 Å². The van der Waals surface area contributed by atoms with Crippen molar-refractivity contribution in [2.45, 2.75) is 13.5 Å². The van der Waals surface area contributed by atoms with Crippen LogP contribution in [0.4, 0.5) is 11.4 Å². The van der Waals surface area contributed by atoms with Gasteiger partial charge in [0.1, 0.15) is 0 Å². The van der Waals surface area contributed by atoms with E-state index in [1.165, 1.54) is 6.07 Å². The Kier molecular flexibility index (Phi) is 4.20. The summed E-state index contributed by atoms with van der Waals surface area (Å²) in [7, 11) is 0. The van der Waals surface area contributed by atoms with Gasteiger partial charge in [-0.15, -0.1) is 0 Å². The summed E-state index contributed by atoms with van der Waals surface area (Å²) in [5.74, 6) is -0.976. The minimum absolute atomic E-state index is 0.195. The molecule has 3 N–H and O–H groups in total. The molecule has 104 valence electrons. The summed E-state index contributed by atoms with van der Waals surface area (Å²) >= 11 is 0. The van der Waals surface area contributed by atoms with E-state index >= 15 is 0 Å². The molecule has 5 heteroatoms. The topological polar surface area (TPSA) is 79.5 Å². The molecule has 0 aliphatic heterocycles. The number of pyridine rings is 1. The number of rotatable bonds is 5. The van der Waals surface area contributed by atoms with Crippen LogP contribution in [0.15, 0.2) is 42.6 Å². The molecule has 1 aromatic carbocycles. The number of aromatic carboxylic acids is 1. The quantitative estimate of drug-likeness (QED) is 0.816. The summed E-state index contributed by atoms with van der Waals surface area (Å²) in [6, 6.07) is 10.5. The number of nitrogens with zero attached hydrogens (tertiary/aromatic N) is 2. The molecule has 0 unspecified atom stereocenters. The van der Waals surface area contributed by atoms with Crippen LogP contribution < -0.4 is 10.6 Å². The first-order chi connectivity index (χ1) is 9.61. The van der Waals surface area contributed by atoms with Crippen LogP contribution in [0.1, 0.15) is 23.0 Å². The van der Waals surface area contributed by atoms with Crippen LogP contribution in [0.2, 0.25) is 0 Å². The molecule has 0 saturated heterocycles. The third-order valence-electron chi connectivity index (χ3n) is 3.08. The van der Waals surface area contributed by atoms with Crippen molar-refractivity contribution in [3.05, 3.63) is 53.9 Å². The zero-order chi connectivity index (χ0) is 14.5. The van der Waals surface area contributed by atoms with E-state index in [4.69, 9.17) is 10.8 Å². The van der Waals surface area contributed by atoms with Gasteiger partial charge in [0.2, 0.25) is 0 Å². The second-order valence-corrected chi connectivity index (χ2v) is 4.41. The maximum atomic E-state index is 10.9. The molecular weight excluding hydrogens is 254 g/mol. The molecule has 0 aliphatic rings. The number of anilines is 2. The third-order valence-corrected chi connectivity index (χ3v) is 3.08. The van der Waals surface area contributed by atoms with E-state index in [9.17, 15) is 4.79 Å². The Morgan fingerprint density at radius 3 is 2.70 bits per heavy atom. The molecule has 1 aromatic heterocycles. The molecule has 0 spiro atoms. The standard InChI is InChI=1S/C15H17N3O2/c1-2-18(10-12-5-3-4-8-17-12)14-7-6-11(15(19)20)9-13(14)16/h3-9H,2,10,16H2,1H3,(H,19,20). The first kappa shape index (κ1) is 13.9. The van der Waals surface area contributed by atoms with Gasteiger partial charge in [-0.25, -0.2) is 4.79 Å². The van der Waals surface area contributed by atoms with Crippen molar-refractivity contribution in [3.8, 4) is 0 Å². The highest BCUT2D eigenvalue weighted by atomic mass is 16.4. The molecule has 0 saturated carbocycles. The van der Waals surface area contributed by atoms with Gasteiger partial charge in [0, 0.05) is 12.7 Å².